The fraction of sp³-hybridized carbons (Fsp3) is 0.0500. The summed E-state index contributed by atoms with van der Waals surface area (Å²) in [5.41, 5.74) is 3.82. The van der Waals surface area contributed by atoms with E-state index in [1.54, 1.807) is 0 Å². The van der Waals surface area contributed by atoms with Crippen LogP contribution in [0, 0.1) is 0 Å². The Morgan fingerprint density at radius 1 is 0.696 bits per heavy atom. The molecule has 0 heterocycles. The van der Waals surface area contributed by atoms with Crippen molar-refractivity contribution in [3.63, 3.8) is 0 Å². The maximum Gasteiger partial charge on any atom is 0.193 e. The highest BCUT2D eigenvalue weighted by Gasteiger charge is 2.43. The Hall–Kier alpha value is -2.09. The fourth-order valence-electron chi connectivity index (χ4n) is 3.24. The van der Waals surface area contributed by atoms with Gasteiger partial charge in [-0.15, -0.1) is 11.6 Å². The zero-order valence-corrected chi connectivity index (χ0v) is 13.6. The van der Waals surface area contributed by atoms with Gasteiger partial charge in [-0.2, -0.15) is 0 Å². The van der Waals surface area contributed by atoms with E-state index in [-0.39, 0.29) is 5.78 Å². The van der Waals surface area contributed by atoms with E-state index in [1.807, 2.05) is 72.8 Å². The quantitative estimate of drug-likeness (QED) is 0.542. The molecule has 0 amide bonds. The van der Waals surface area contributed by atoms with E-state index in [2.05, 4.69) is 0 Å². The number of hydrogen-bond donors (Lipinski definition) is 0. The lowest BCUT2D eigenvalue weighted by Gasteiger charge is -2.35. The van der Waals surface area contributed by atoms with Gasteiger partial charge in [0, 0.05) is 16.1 Å². The molecule has 3 aromatic rings. The lowest BCUT2D eigenvalue weighted by atomic mass is 9.73. The number of carbonyl (C=O) groups is 1. The number of halogens is 2. The van der Waals surface area contributed by atoms with Crippen molar-refractivity contribution in [2.45, 2.75) is 4.87 Å². The highest BCUT2D eigenvalue weighted by atomic mass is 35.5. The van der Waals surface area contributed by atoms with Crippen LogP contribution < -0.4 is 0 Å². The molecule has 1 aliphatic rings. The Bertz CT molecular complexity index is 863. The minimum Gasteiger partial charge on any atom is -0.289 e. The van der Waals surface area contributed by atoms with Crippen LogP contribution in [0.25, 0.3) is 0 Å². The van der Waals surface area contributed by atoms with E-state index in [0.29, 0.717) is 16.1 Å². The molecular formula is C20H12Cl2O. The summed E-state index contributed by atoms with van der Waals surface area (Å²) in [5, 5.41) is 0.655. The molecule has 0 bridgehead atoms. The Labute approximate surface area is 144 Å². The lowest BCUT2D eigenvalue weighted by molar-refractivity contribution is 0.103. The van der Waals surface area contributed by atoms with Gasteiger partial charge in [0.2, 0.25) is 0 Å². The second-order valence-corrected chi connectivity index (χ2v) is 6.59. The standard InChI is InChI=1S/C20H12Cl2O/c21-14-11-9-13(10-12-14)20(22)17-7-3-1-5-15(17)19(23)16-6-2-4-8-18(16)20/h1-12H. The van der Waals surface area contributed by atoms with Crippen LogP contribution in [0.3, 0.4) is 0 Å². The number of ketones is 1. The van der Waals surface area contributed by atoms with Crippen LogP contribution >= 0.6 is 23.2 Å². The highest BCUT2D eigenvalue weighted by molar-refractivity contribution is 6.32. The third-order valence-corrected chi connectivity index (χ3v) is 5.21. The first-order valence-corrected chi connectivity index (χ1v) is 8.06. The molecule has 0 saturated heterocycles. The molecule has 0 aliphatic heterocycles. The van der Waals surface area contributed by atoms with Crippen molar-refractivity contribution in [1.29, 1.82) is 0 Å². The zero-order chi connectivity index (χ0) is 16.0. The molecule has 0 atom stereocenters. The van der Waals surface area contributed by atoms with E-state index >= 15 is 0 Å². The zero-order valence-electron chi connectivity index (χ0n) is 12.1. The van der Waals surface area contributed by atoms with Crippen LogP contribution in [-0.2, 0) is 4.87 Å². The first kappa shape index (κ1) is 14.5. The first-order chi connectivity index (χ1) is 11.1. The molecule has 1 aliphatic carbocycles. The fourth-order valence-corrected chi connectivity index (χ4v) is 3.83. The second kappa shape index (κ2) is 5.23. The van der Waals surface area contributed by atoms with Gasteiger partial charge in [-0.3, -0.25) is 4.79 Å². The van der Waals surface area contributed by atoms with E-state index < -0.39 is 4.87 Å². The smallest absolute Gasteiger partial charge is 0.193 e. The third kappa shape index (κ3) is 2.04. The van der Waals surface area contributed by atoms with Crippen molar-refractivity contribution >= 4 is 29.0 Å². The summed E-state index contributed by atoms with van der Waals surface area (Å²) in [6, 6.07) is 22.5. The van der Waals surface area contributed by atoms with Crippen LogP contribution in [0.15, 0.2) is 72.8 Å². The van der Waals surface area contributed by atoms with Gasteiger partial charge in [0.25, 0.3) is 0 Å². The Kier molecular flexibility index (Phi) is 3.29. The second-order valence-electron chi connectivity index (χ2n) is 5.59. The molecule has 0 fully saturated rings. The van der Waals surface area contributed by atoms with Crippen molar-refractivity contribution in [1.82, 2.24) is 0 Å². The van der Waals surface area contributed by atoms with E-state index in [1.165, 1.54) is 0 Å². The van der Waals surface area contributed by atoms with Gasteiger partial charge in [-0.25, -0.2) is 0 Å². The molecule has 0 spiro atoms. The highest BCUT2D eigenvalue weighted by Crippen LogP contribution is 2.49. The molecule has 3 aromatic carbocycles. The summed E-state index contributed by atoms with van der Waals surface area (Å²) in [6.07, 6.45) is 0. The number of carbonyl (C=O) groups excluding carboxylic acids is 1. The molecular weight excluding hydrogens is 327 g/mol. The predicted molar refractivity (Wildman–Crippen MR) is 93.5 cm³/mol. The number of benzene rings is 3. The van der Waals surface area contributed by atoms with E-state index in [0.717, 1.165) is 16.7 Å². The Morgan fingerprint density at radius 3 is 1.70 bits per heavy atom. The van der Waals surface area contributed by atoms with Crippen molar-refractivity contribution in [3.05, 3.63) is 106 Å². The average Bonchev–Trinajstić information content (AvgIpc) is 2.60. The Balaban J connectivity index is 2.09. The largest absolute Gasteiger partial charge is 0.289 e. The van der Waals surface area contributed by atoms with Crippen LogP contribution in [0.5, 0.6) is 0 Å². The van der Waals surface area contributed by atoms with Crippen molar-refractivity contribution in [3.8, 4) is 0 Å². The van der Waals surface area contributed by atoms with E-state index in [4.69, 9.17) is 23.2 Å². The molecule has 0 aromatic heterocycles. The normalized spacial score (nSPS) is 15.0. The summed E-state index contributed by atoms with van der Waals surface area (Å²) < 4.78 is 0. The topological polar surface area (TPSA) is 17.1 Å². The Morgan fingerprint density at radius 2 is 1.17 bits per heavy atom. The molecule has 3 heteroatoms. The predicted octanol–water partition coefficient (Wildman–Crippen LogP) is 5.42. The van der Waals surface area contributed by atoms with Crippen molar-refractivity contribution < 1.29 is 4.79 Å². The van der Waals surface area contributed by atoms with Gasteiger partial charge in [0.15, 0.2) is 5.78 Å². The minimum absolute atomic E-state index is 0.0152. The molecule has 1 nitrogen and oxygen atoms in total. The summed E-state index contributed by atoms with van der Waals surface area (Å²) in [5.74, 6) is 0.0152. The number of hydrogen-bond acceptors (Lipinski definition) is 1. The first-order valence-electron chi connectivity index (χ1n) is 7.31. The molecule has 4 rings (SSSR count). The van der Waals surface area contributed by atoms with Gasteiger partial charge in [0.1, 0.15) is 4.87 Å². The SMILES string of the molecule is O=C1c2ccccc2C(Cl)(c2ccc(Cl)cc2)c2ccccc21. The monoisotopic (exact) mass is 338 g/mol. The number of rotatable bonds is 1. The lowest BCUT2D eigenvalue weighted by Crippen LogP contribution is -2.32. The number of alkyl halides is 1. The van der Waals surface area contributed by atoms with Gasteiger partial charge in [-0.1, -0.05) is 72.3 Å². The summed E-state index contributed by atoms with van der Waals surface area (Å²) in [7, 11) is 0. The number of fused-ring (bicyclic) bond motifs is 2. The van der Waals surface area contributed by atoms with Gasteiger partial charge < -0.3 is 0 Å². The van der Waals surface area contributed by atoms with Gasteiger partial charge in [0.05, 0.1) is 0 Å². The molecule has 0 radical (unpaired) electrons. The van der Waals surface area contributed by atoms with Crippen LogP contribution in [0.4, 0.5) is 0 Å². The van der Waals surface area contributed by atoms with E-state index in [9.17, 15) is 4.79 Å². The van der Waals surface area contributed by atoms with Gasteiger partial charge >= 0.3 is 0 Å². The third-order valence-electron chi connectivity index (χ3n) is 4.33. The average molecular weight is 339 g/mol. The maximum atomic E-state index is 12.8. The summed E-state index contributed by atoms with van der Waals surface area (Å²) in [4.78, 5) is 11.9. The molecule has 0 unspecified atom stereocenters. The molecule has 112 valence electrons. The molecule has 0 saturated carbocycles. The summed E-state index contributed by atoms with van der Waals surface area (Å²) in [6.45, 7) is 0. The maximum absolute atomic E-state index is 12.8. The van der Waals surface area contributed by atoms with Gasteiger partial charge in [-0.05, 0) is 28.8 Å². The van der Waals surface area contributed by atoms with Crippen LogP contribution in [-0.4, -0.2) is 5.78 Å². The van der Waals surface area contributed by atoms with Crippen LogP contribution in [0.1, 0.15) is 32.6 Å². The molecule has 0 N–H and O–H groups in total. The summed E-state index contributed by atoms with van der Waals surface area (Å²) >= 11 is 13.2. The molecule has 23 heavy (non-hydrogen) atoms. The van der Waals surface area contributed by atoms with Crippen molar-refractivity contribution in [2.24, 2.45) is 0 Å². The van der Waals surface area contributed by atoms with Crippen LogP contribution in [0.2, 0.25) is 5.02 Å². The minimum atomic E-state index is -0.897. The van der Waals surface area contributed by atoms with Crippen molar-refractivity contribution in [2.75, 3.05) is 0 Å².